The van der Waals surface area contributed by atoms with E-state index >= 15 is 0 Å². The third-order valence-corrected chi connectivity index (χ3v) is 14.7. The molecule has 0 aromatic carbocycles. The van der Waals surface area contributed by atoms with Gasteiger partial charge in [0.15, 0.2) is 86.1 Å². The summed E-state index contributed by atoms with van der Waals surface area (Å²) in [5, 5.41) is 25.1. The first-order valence-electron chi connectivity index (χ1n) is 27.1. The van der Waals surface area contributed by atoms with E-state index in [1.807, 2.05) is 73.4 Å². The lowest BCUT2D eigenvalue weighted by Gasteiger charge is -2.22. The zero-order chi connectivity index (χ0) is 68.1. The molecule has 0 aliphatic heterocycles. The molecule has 13 rings (SSSR count). The molecule has 13 aromatic heterocycles. The van der Waals surface area contributed by atoms with Gasteiger partial charge >= 0.3 is 19.2 Å². The maximum Gasteiger partial charge on any atom is 0.526 e. The number of nitrogen functional groups attached to an aromatic ring is 2. The number of rotatable bonds is 10. The predicted octanol–water partition coefficient (Wildman–Crippen LogP) is 11.6. The average Bonchev–Trinajstić information content (AvgIpc) is 1.68. The predicted molar refractivity (Wildman–Crippen MR) is 367 cm³/mol. The summed E-state index contributed by atoms with van der Waals surface area (Å²) in [6, 6.07) is 17.2. The zero-order valence-electron chi connectivity index (χ0n) is 50.9. The number of carbonyl (C=O) groups excluding carboxylic acids is 2. The van der Waals surface area contributed by atoms with Gasteiger partial charge in [0, 0.05) is 46.1 Å². The Morgan fingerprint density at radius 3 is 1.32 bits per heavy atom. The minimum absolute atomic E-state index is 0.171. The molecule has 0 aliphatic rings. The van der Waals surface area contributed by atoms with E-state index in [4.69, 9.17) is 48.7 Å². The molecule has 0 fully saturated rings. The van der Waals surface area contributed by atoms with E-state index in [-0.39, 0.29) is 11.7 Å². The topological polar surface area (TPSA) is 398 Å². The molecule has 36 heteroatoms. The van der Waals surface area contributed by atoms with Crippen LogP contribution in [0, 0.1) is 20.8 Å². The van der Waals surface area contributed by atoms with Gasteiger partial charge in [-0.2, -0.15) is 0 Å². The van der Waals surface area contributed by atoms with Crippen LogP contribution in [0.15, 0.2) is 182 Å². The summed E-state index contributed by atoms with van der Waals surface area (Å²) in [5.74, 6) is 3.59. The van der Waals surface area contributed by atoms with E-state index in [0.29, 0.717) is 88.1 Å². The third-order valence-electron chi connectivity index (χ3n) is 11.9. The van der Waals surface area contributed by atoms with Gasteiger partial charge in [-0.15, -0.1) is 0 Å². The van der Waals surface area contributed by atoms with Gasteiger partial charge in [-0.25, -0.2) is 59.4 Å². The molecule has 9 N–H and O–H groups in total. The van der Waals surface area contributed by atoms with Crippen molar-refractivity contribution in [3.63, 3.8) is 0 Å². The van der Waals surface area contributed by atoms with Gasteiger partial charge in [-0.05, 0) is 152 Å². The quantitative estimate of drug-likeness (QED) is 0.0380. The number of hydrogen-bond donors (Lipinski definition) is 7. The Bertz CT molecular complexity index is 4350. The van der Waals surface area contributed by atoms with Crippen LogP contribution in [0.4, 0.5) is 32.9 Å². The van der Waals surface area contributed by atoms with Crippen molar-refractivity contribution in [2.45, 2.75) is 33.5 Å². The number of aromatic nitrogens is 13. The van der Waals surface area contributed by atoms with Crippen molar-refractivity contribution in [3.8, 4) is 45.8 Å². The van der Waals surface area contributed by atoms with Crippen LogP contribution in [0.5, 0.6) is 0 Å². The second-order valence-electron chi connectivity index (χ2n) is 18.8. The van der Waals surface area contributed by atoms with Crippen LogP contribution in [-0.2, 0) is 14.2 Å². The molecule has 13 aromatic rings. The molecular weight excluding hydrogens is 1550 g/mol. The molecule has 94 heavy (non-hydrogen) atoms. The summed E-state index contributed by atoms with van der Waals surface area (Å²) in [5.41, 5.74) is 18.4. The van der Waals surface area contributed by atoms with E-state index in [0.717, 1.165) is 38.8 Å². The normalized spacial score (nSPS) is 10.6. The van der Waals surface area contributed by atoms with Crippen molar-refractivity contribution in [1.29, 1.82) is 0 Å². The number of carbonyl (C=O) groups is 2. The lowest BCUT2D eigenvalue weighted by atomic mass is 9.88. The van der Waals surface area contributed by atoms with Gasteiger partial charge in [0.2, 0.25) is 0 Å². The number of anilines is 4. The molecule has 0 aliphatic carbocycles. The molecular formula is C58H58BBr5N18O12. The number of fused-ring (bicyclic) bond motifs is 3. The van der Waals surface area contributed by atoms with Crippen molar-refractivity contribution in [1.82, 2.24) is 68.4 Å². The molecule has 0 radical (unpaired) electrons. The fourth-order valence-electron chi connectivity index (χ4n) is 7.48. The molecule has 0 saturated carbocycles. The zero-order valence-corrected chi connectivity index (χ0v) is 58.8. The van der Waals surface area contributed by atoms with Gasteiger partial charge in [0.25, 0.3) is 0 Å². The summed E-state index contributed by atoms with van der Waals surface area (Å²) in [6.07, 6.45) is 21.1. The first-order chi connectivity index (χ1) is 45.0. The Hall–Kier alpha value is -9.14. The number of nitrogens with two attached hydrogens (primary N) is 2. The molecule has 0 atom stereocenters. The molecule has 490 valence electrons. The summed E-state index contributed by atoms with van der Waals surface area (Å²) >= 11 is 16.1. The van der Waals surface area contributed by atoms with E-state index in [9.17, 15) is 9.59 Å². The third kappa shape index (κ3) is 20.4. The minimum atomic E-state index is -1.48. The number of imidazole rings is 3. The Morgan fingerprint density at radius 1 is 0.553 bits per heavy atom. The lowest BCUT2D eigenvalue weighted by Crippen LogP contribution is -2.31. The van der Waals surface area contributed by atoms with Gasteiger partial charge in [0.05, 0.1) is 85.6 Å². The highest BCUT2D eigenvalue weighted by molar-refractivity contribution is 9.11. The van der Waals surface area contributed by atoms with E-state index in [1.165, 1.54) is 19.4 Å². The molecule has 3 amide bonds. The van der Waals surface area contributed by atoms with Crippen LogP contribution >= 0.6 is 79.6 Å². The van der Waals surface area contributed by atoms with E-state index in [1.54, 1.807) is 118 Å². The second-order valence-corrected chi connectivity index (χ2v) is 22.5. The first-order valence-corrected chi connectivity index (χ1v) is 31.3. The van der Waals surface area contributed by atoms with Crippen LogP contribution in [0.25, 0.3) is 62.8 Å². The maximum atomic E-state index is 11.4. The van der Waals surface area contributed by atoms with Crippen LogP contribution < -0.4 is 33.1 Å². The van der Waals surface area contributed by atoms with Gasteiger partial charge < -0.3 is 76.3 Å². The van der Waals surface area contributed by atoms with E-state index < -0.39 is 19.0 Å². The number of hydrogen-bond acceptors (Lipinski definition) is 24. The van der Waals surface area contributed by atoms with Crippen molar-refractivity contribution >= 4 is 145 Å². The Labute approximate surface area is 577 Å². The fourth-order valence-corrected chi connectivity index (χ4v) is 9.43. The van der Waals surface area contributed by atoms with Crippen LogP contribution in [0.2, 0.25) is 0 Å². The number of urea groups is 1. The molecule has 0 saturated heterocycles. The number of nitrogens with zero attached hydrogens (tertiary/aromatic N) is 13. The monoisotopic (exact) mass is 1600 g/mol. The first kappa shape index (κ1) is 72.3. The molecule has 0 spiro atoms. The molecule has 30 nitrogen and oxygen atoms in total. The second kappa shape index (κ2) is 34.7. The Balaban J connectivity index is 0.000000160. The molecule has 13 heterocycles. The summed E-state index contributed by atoms with van der Waals surface area (Å²) in [6.45, 7) is 7.59. The lowest BCUT2D eigenvalue weighted by molar-refractivity contribution is -0.174. The summed E-state index contributed by atoms with van der Waals surface area (Å²) < 4.78 is 48.5. The summed E-state index contributed by atoms with van der Waals surface area (Å²) in [7, 11) is 4.59. The number of furan rings is 5. The van der Waals surface area contributed by atoms with Gasteiger partial charge in [0.1, 0.15) is 29.8 Å². The van der Waals surface area contributed by atoms with Crippen molar-refractivity contribution in [3.05, 3.63) is 177 Å². The number of halogens is 5. The van der Waals surface area contributed by atoms with Crippen LogP contribution in [0.3, 0.4) is 0 Å². The van der Waals surface area contributed by atoms with Crippen LogP contribution in [-0.4, -0.2) is 132 Å². The highest BCUT2D eigenvalue weighted by atomic mass is 79.9. The largest absolute Gasteiger partial charge is 0.526 e. The smallest absolute Gasteiger partial charge is 0.473 e. The Kier molecular flexibility index (Phi) is 26.7. The highest BCUT2D eigenvalue weighted by Crippen LogP contribution is 2.29. The van der Waals surface area contributed by atoms with E-state index in [2.05, 4.69) is 155 Å². The Morgan fingerprint density at radius 2 is 0.957 bits per heavy atom. The standard InChI is InChI=1S/C13H13N5O2.C13H12N4O3.C11H8BrN3O.C8H6BrN3O.C5H11BrO2.C4H5BO3.C4H3Br2N3/c1-8-6-18-7-10(17-13(19)14-2)16-11(12(18)15-8)9-4-3-5-20-9;1-8-6-17-7-10(16-13(18)19-2)15-11(12(17)14-8)9-4-3-5-20-9;1-7-5-15-6-9(12)14-10(11(15)13-7)8-3-2-4-16-8;9-6-4-11-8(10)7(12-6)5-2-1-3-13-5;1-5(4-6,7-2)8-3;6-5(7)4-2-1-3-8-4;5-2-1-8-4(7)3(6)9-2/h3-7H,1-2H3,(H2,14,17,19);3-7H,1-2H3,(H,16,18);2-6H,1H3;1-4H,(H2,10,11);4H2,1-3H3;1-3,6-7H;1H,(H2,7,8). The maximum absolute atomic E-state index is 11.4. The number of aryl methyl sites for hydroxylation is 3. The van der Waals surface area contributed by atoms with Gasteiger partial charge in [-0.1, -0.05) is 15.9 Å². The number of ether oxygens (including phenoxy) is 3. The van der Waals surface area contributed by atoms with Crippen LogP contribution in [0.1, 0.15) is 24.0 Å². The fraction of sp³-hybridized carbons (Fsp3) is 0.172. The van der Waals surface area contributed by atoms with Crippen molar-refractivity contribution < 1.29 is 55.9 Å². The average molecular weight is 1610 g/mol. The minimum Gasteiger partial charge on any atom is -0.473 e. The molecule has 0 unspecified atom stereocenters. The van der Waals surface area contributed by atoms with Crippen molar-refractivity contribution in [2.75, 3.05) is 55.8 Å². The summed E-state index contributed by atoms with van der Waals surface area (Å²) in [4.78, 5) is 64.9. The SMILES string of the molecule is CNC(=O)Nc1cn2cc(C)nc2c(-c2ccco2)n1.COC(=O)Nc1cn2cc(C)nc2c(-c2ccco2)n1.COC(C)(CBr)OC.Cc1cn2cc(Br)nc(-c3ccco3)c2n1.Nc1ncc(Br)nc1-c1ccco1.Nc1ncc(Br)nc1Br.OB(O)c1ccco1. The number of methoxy groups -OCH3 is 3. The molecule has 0 bridgehead atoms. The van der Waals surface area contributed by atoms with Crippen molar-refractivity contribution in [2.24, 2.45) is 0 Å². The highest BCUT2D eigenvalue weighted by Gasteiger charge is 2.20. The number of amides is 3. The number of nitrogens with one attached hydrogen (secondary N) is 3. The van der Waals surface area contributed by atoms with Gasteiger partial charge in [-0.3, -0.25) is 10.6 Å². The number of alkyl halides is 1.